The lowest BCUT2D eigenvalue weighted by Crippen LogP contribution is -2.28. The minimum Gasteiger partial charge on any atom is -0.309 e. The molecule has 8 nitrogen and oxygen atoms in total. The second-order valence-electron chi connectivity index (χ2n) is 36.7. The second-order valence-corrected chi connectivity index (χ2v) is 37.8. The number of fused-ring (bicyclic) bond motifs is 25. The van der Waals surface area contributed by atoms with E-state index in [0.717, 1.165) is 82.9 Å². The first-order valence-corrected chi connectivity index (χ1v) is 49.0. The van der Waals surface area contributed by atoms with Crippen LogP contribution in [0.4, 0.5) is 0 Å². The van der Waals surface area contributed by atoms with Gasteiger partial charge in [-0.05, 0) is 204 Å². The first-order valence-electron chi connectivity index (χ1n) is 48.2. The minimum atomic E-state index is -0.423. The number of nitrogens with zero attached hydrogens (tertiary/aromatic N) is 8. The molecule has 1 aliphatic carbocycles. The van der Waals surface area contributed by atoms with Gasteiger partial charge in [-0.15, -0.1) is 11.3 Å². The Kier molecular flexibility index (Phi) is 18.9. The molecular weight excluding hydrogens is 1730 g/mol. The number of para-hydroxylation sites is 6. The fourth-order valence-electron chi connectivity index (χ4n) is 23.3. The Morgan fingerprint density at radius 3 is 1.28 bits per heavy atom. The van der Waals surface area contributed by atoms with Crippen LogP contribution in [0.15, 0.2) is 510 Å². The molecule has 0 unspecified atom stereocenters. The fraction of sp³-hybridized carbons (Fsp3) is 0.00758. The summed E-state index contributed by atoms with van der Waals surface area (Å²) in [4.78, 5) is 14.1. The van der Waals surface area contributed by atoms with Gasteiger partial charge in [0.15, 0.2) is 0 Å². The van der Waals surface area contributed by atoms with E-state index in [9.17, 15) is 0 Å². The molecule has 0 bridgehead atoms. The van der Waals surface area contributed by atoms with Crippen LogP contribution >= 0.6 is 11.3 Å². The van der Waals surface area contributed by atoms with Gasteiger partial charge in [0.1, 0.15) is 0 Å². The van der Waals surface area contributed by atoms with Gasteiger partial charge >= 0.3 is 0 Å². The first-order chi connectivity index (χ1) is 70.0. The highest BCUT2D eigenvalue weighted by Gasteiger charge is 2.47. The van der Waals surface area contributed by atoms with E-state index in [0.29, 0.717) is 0 Å². The van der Waals surface area contributed by atoms with Crippen molar-refractivity contribution in [1.29, 1.82) is 0 Å². The number of pyridine rings is 3. The zero-order valence-electron chi connectivity index (χ0n) is 76.5. The molecule has 20 aromatic carbocycles. The minimum absolute atomic E-state index is 0.423. The van der Waals surface area contributed by atoms with E-state index in [2.05, 4.69) is 518 Å². The van der Waals surface area contributed by atoms with Gasteiger partial charge in [-0.2, -0.15) is 0 Å². The molecule has 0 N–H and O–H groups in total. The smallest absolute Gasteiger partial charge is 0.0985 e. The number of aromatic nitrogens is 8. The Labute approximate surface area is 816 Å². The number of benzene rings is 20. The van der Waals surface area contributed by atoms with Crippen molar-refractivity contribution < 1.29 is 0 Å². The van der Waals surface area contributed by atoms with Crippen molar-refractivity contribution >= 4 is 162 Å². The van der Waals surface area contributed by atoms with E-state index in [1.165, 1.54) is 174 Å². The van der Waals surface area contributed by atoms with Crippen molar-refractivity contribution in [3.63, 3.8) is 0 Å². The van der Waals surface area contributed by atoms with Crippen LogP contribution in [0.5, 0.6) is 0 Å². The Bertz CT molecular complexity index is 10000. The van der Waals surface area contributed by atoms with Gasteiger partial charge in [0, 0.05) is 139 Å². The number of hydrogen-bond donors (Lipinski definition) is 0. The summed E-state index contributed by atoms with van der Waals surface area (Å²) in [5.41, 5.74) is 35.8. The van der Waals surface area contributed by atoms with Gasteiger partial charge in [0.2, 0.25) is 0 Å². The molecule has 9 heteroatoms. The molecule has 0 atom stereocenters. The van der Waals surface area contributed by atoms with Crippen molar-refractivity contribution in [3.8, 4) is 84.1 Å². The van der Waals surface area contributed by atoms with Gasteiger partial charge in [-0.25, -0.2) is 0 Å². The summed E-state index contributed by atoms with van der Waals surface area (Å²) in [5.74, 6) is 0. The predicted octanol–water partition coefficient (Wildman–Crippen LogP) is 34.4. The Hall–Kier alpha value is -18.4. The molecule has 0 saturated heterocycles. The van der Waals surface area contributed by atoms with Gasteiger partial charge in [0.25, 0.3) is 0 Å². The van der Waals surface area contributed by atoms with E-state index >= 15 is 0 Å². The summed E-state index contributed by atoms with van der Waals surface area (Å²) in [6.07, 6.45) is 9.78. The lowest BCUT2D eigenvalue weighted by Gasteiger charge is -2.33. The zero-order valence-corrected chi connectivity index (χ0v) is 77.3. The van der Waals surface area contributed by atoms with Crippen molar-refractivity contribution in [2.75, 3.05) is 0 Å². The van der Waals surface area contributed by atoms with Gasteiger partial charge in [-0.1, -0.05) is 364 Å². The topological polar surface area (TPSA) is 63.3 Å². The zero-order chi connectivity index (χ0) is 92.7. The molecular formula is C132H84N8S. The quantitative estimate of drug-likeness (QED) is 0.130. The normalized spacial score (nSPS) is 12.3. The molecule has 0 spiro atoms. The summed E-state index contributed by atoms with van der Waals surface area (Å²) in [6, 6.07) is 174. The number of hydrogen-bond acceptors (Lipinski definition) is 4. The Balaban J connectivity index is 0.000000107. The molecule has 658 valence electrons. The fourth-order valence-corrected chi connectivity index (χ4v) is 24.7. The van der Waals surface area contributed by atoms with Crippen LogP contribution in [-0.4, -0.2) is 37.8 Å². The molecule has 30 rings (SSSR count). The average molecular weight is 1810 g/mol. The maximum atomic E-state index is 5.07. The summed E-state index contributed by atoms with van der Waals surface area (Å²) >= 11 is 1.95. The summed E-state index contributed by atoms with van der Waals surface area (Å²) in [6.45, 7) is 0. The van der Waals surface area contributed by atoms with Gasteiger partial charge in [-0.3, -0.25) is 15.0 Å². The highest BCUT2D eigenvalue weighted by molar-refractivity contribution is 7.27. The monoisotopic (exact) mass is 1810 g/mol. The van der Waals surface area contributed by atoms with Crippen molar-refractivity contribution in [2.24, 2.45) is 0 Å². The van der Waals surface area contributed by atoms with E-state index in [4.69, 9.17) is 4.98 Å². The van der Waals surface area contributed by atoms with Gasteiger partial charge < -0.3 is 22.8 Å². The van der Waals surface area contributed by atoms with E-state index in [1.807, 2.05) is 36.1 Å². The summed E-state index contributed by atoms with van der Waals surface area (Å²) in [5, 5.41) is 18.3. The van der Waals surface area contributed by atoms with Gasteiger partial charge in [0.05, 0.1) is 66.1 Å². The van der Waals surface area contributed by atoms with Crippen LogP contribution in [0.1, 0.15) is 22.3 Å². The van der Waals surface area contributed by atoms with Crippen LogP contribution in [0, 0.1) is 0 Å². The predicted molar refractivity (Wildman–Crippen MR) is 591 cm³/mol. The molecule has 0 amide bonds. The third-order valence-corrected chi connectivity index (χ3v) is 30.6. The average Bonchev–Trinajstić information content (AvgIpc) is 1.54. The van der Waals surface area contributed by atoms with Crippen LogP contribution in [0.3, 0.4) is 0 Å². The lowest BCUT2D eigenvalue weighted by molar-refractivity contribution is 0.769. The SMILES string of the molecule is c1ccc(-c2cccc(-n3c4ccccc4c4cnc5c6ccccc6n(-c6ccccc6)c5c43)c2)cc1.c1ccc(-n2c3ccccc3c3cc(-c4ccc(-c5cccc6c5sc5c7c(ccc56)C(c5ccccc5)(c5ccccc5)c5ccccc5-7)c5ccccc45)ccc32)cc1.c1ccc(-n2c3ccncc3c3cc4c(cc32)c2cnccc2n4-c2ccc(-c3cccc4ccccc34)cc2)cc1. The van der Waals surface area contributed by atoms with E-state index in [1.54, 1.807) is 0 Å². The molecule has 29 aromatic rings. The van der Waals surface area contributed by atoms with Crippen molar-refractivity contribution in [3.05, 3.63) is 532 Å². The second kappa shape index (κ2) is 33.0. The largest absolute Gasteiger partial charge is 0.309 e. The number of thiophene rings is 1. The van der Waals surface area contributed by atoms with Crippen molar-refractivity contribution in [2.45, 2.75) is 5.41 Å². The molecule has 141 heavy (non-hydrogen) atoms. The van der Waals surface area contributed by atoms with E-state index < -0.39 is 5.41 Å². The highest BCUT2D eigenvalue weighted by atomic mass is 32.1. The maximum absolute atomic E-state index is 5.07. The summed E-state index contributed by atoms with van der Waals surface area (Å²) < 4.78 is 14.6. The molecule has 9 aromatic heterocycles. The third-order valence-electron chi connectivity index (χ3n) is 29.3. The Morgan fingerprint density at radius 2 is 0.624 bits per heavy atom. The summed E-state index contributed by atoms with van der Waals surface area (Å²) in [7, 11) is 0. The molecule has 0 saturated carbocycles. The highest BCUT2D eigenvalue weighted by Crippen LogP contribution is 2.60. The maximum Gasteiger partial charge on any atom is 0.0985 e. The molecule has 0 radical (unpaired) electrons. The van der Waals surface area contributed by atoms with E-state index in [-0.39, 0.29) is 0 Å². The first kappa shape index (κ1) is 81.0. The van der Waals surface area contributed by atoms with Crippen LogP contribution in [0.2, 0.25) is 0 Å². The number of rotatable bonds is 11. The lowest BCUT2D eigenvalue weighted by atomic mass is 9.68. The van der Waals surface area contributed by atoms with Crippen molar-refractivity contribution in [1.82, 2.24) is 37.8 Å². The molecule has 9 heterocycles. The molecule has 0 aliphatic heterocycles. The van der Waals surface area contributed by atoms with Crippen LogP contribution in [0.25, 0.3) is 235 Å². The Morgan fingerprint density at radius 1 is 0.199 bits per heavy atom. The molecule has 0 fully saturated rings. The van der Waals surface area contributed by atoms with Crippen LogP contribution in [-0.2, 0) is 5.41 Å². The standard InChI is InChI=1S/C59H37NS.C38H24N4.C35H23N3/c1-4-17-39(18-5-1)59(40-19-6-2-7-20-40)52-29-14-12-26-50(52)56-53(59)35-34-49-48-28-16-27-47(57(48)61-58(49)56)45-33-32-42(43-23-10-11-24-44(43)45)38-31-36-55-51(37-38)46-25-13-15-30-54(46)60(55)41-21-8-3-9-22-41;1-2-9-27(10-3-1)41-35-17-19-39-23-33(35)31-22-38-32(21-37(31)41)34-24-40-20-18-36(34)42(38)28-15-13-26(14-16-28)30-12-6-8-25-7-4-5-11-29(25)30;1-3-12-24(13-4-1)25-14-11-17-27(22-25)38-31-20-9-7-18-28(31)30-23-36-33-29-19-8-10-21-32(29)37(35(33)34(30)38)26-15-5-2-6-16-26/h1-37H;1-24H;1-23H. The molecule has 1 aliphatic rings. The third kappa shape index (κ3) is 12.7. The van der Waals surface area contributed by atoms with Crippen LogP contribution < -0.4 is 0 Å².